The van der Waals surface area contributed by atoms with Crippen LogP contribution in [0, 0.1) is 11.8 Å². The molecule has 1 heterocycles. The van der Waals surface area contributed by atoms with Crippen LogP contribution in [0.15, 0.2) is 243 Å². The van der Waals surface area contributed by atoms with Crippen molar-refractivity contribution in [1.82, 2.24) is 4.57 Å². The van der Waals surface area contributed by atoms with Crippen molar-refractivity contribution in [1.29, 1.82) is 0 Å². The van der Waals surface area contributed by atoms with E-state index in [0.29, 0.717) is 5.92 Å². The maximum Gasteiger partial charge on any atom is 0.0619 e. The molecule has 10 aromatic carbocycles. The van der Waals surface area contributed by atoms with E-state index in [-0.39, 0.29) is 5.41 Å². The highest BCUT2D eigenvalue weighted by atomic mass is 15.1. The van der Waals surface area contributed by atoms with Gasteiger partial charge in [-0.15, -0.1) is 0 Å². The van der Waals surface area contributed by atoms with Crippen molar-refractivity contribution in [3.05, 3.63) is 254 Å². The van der Waals surface area contributed by atoms with Crippen LogP contribution in [0.3, 0.4) is 0 Å². The molecule has 2 heteroatoms. The molecule has 2 fully saturated rings. The molecule has 3 unspecified atom stereocenters. The lowest BCUT2D eigenvalue weighted by Gasteiger charge is -2.37. The Bertz CT molecular complexity index is 3770. The minimum Gasteiger partial charge on any atom is -0.309 e. The van der Waals surface area contributed by atoms with E-state index >= 15 is 0 Å². The van der Waals surface area contributed by atoms with Crippen molar-refractivity contribution in [2.75, 3.05) is 4.90 Å². The van der Waals surface area contributed by atoms with Crippen LogP contribution in [0.4, 0.5) is 17.1 Å². The standard InChI is InChI=1S/C67H50N2/c1-3-20-46(21-4-1)51-26-7-8-27-53(51)54-28-9-10-29-55(54)56-30-12-15-37-62(56)68(64-39-19-36-61-65(64)59-32-11-14-35-60(59)67(61)44-45-40-41-48(67)42-45)50-25-17-22-47(43-50)52-33-18-34-58-57-31-13-16-38-63(57)69(66(52)58)49-23-5-2-6-24-49/h1-39,43,45,48H,40-42,44H2. The highest BCUT2D eigenvalue weighted by Gasteiger charge is 2.57. The van der Waals surface area contributed by atoms with E-state index in [2.05, 4.69) is 252 Å². The summed E-state index contributed by atoms with van der Waals surface area (Å²) in [5, 5.41) is 2.51. The molecule has 69 heavy (non-hydrogen) atoms. The first-order valence-corrected chi connectivity index (χ1v) is 24.8. The predicted octanol–water partition coefficient (Wildman–Crippen LogP) is 18.0. The number of nitrogens with zero attached hydrogens (tertiary/aromatic N) is 2. The summed E-state index contributed by atoms with van der Waals surface area (Å²) in [4.78, 5) is 2.60. The van der Waals surface area contributed by atoms with Gasteiger partial charge in [-0.3, -0.25) is 0 Å². The number of rotatable bonds is 8. The molecule has 0 aliphatic heterocycles. The highest BCUT2D eigenvalue weighted by molar-refractivity contribution is 6.14. The summed E-state index contributed by atoms with van der Waals surface area (Å²) in [7, 11) is 0. The molecule has 2 nitrogen and oxygen atoms in total. The van der Waals surface area contributed by atoms with Gasteiger partial charge in [-0.1, -0.05) is 207 Å². The van der Waals surface area contributed by atoms with Crippen LogP contribution in [0.1, 0.15) is 36.8 Å². The van der Waals surface area contributed by atoms with Crippen molar-refractivity contribution in [3.8, 4) is 61.3 Å². The first kappa shape index (κ1) is 39.9. The Hall–Kier alpha value is -8.20. The molecule has 14 rings (SSSR count). The zero-order valence-corrected chi connectivity index (χ0v) is 38.5. The van der Waals surface area contributed by atoms with Gasteiger partial charge in [0.15, 0.2) is 0 Å². The van der Waals surface area contributed by atoms with E-state index in [0.717, 1.165) is 23.0 Å². The quantitative estimate of drug-likeness (QED) is 0.148. The molecule has 1 spiro atoms. The molecule has 3 atom stereocenters. The molecule has 1 aromatic heterocycles. The lowest BCUT2D eigenvalue weighted by atomic mass is 9.67. The van der Waals surface area contributed by atoms with Gasteiger partial charge in [-0.25, -0.2) is 0 Å². The maximum atomic E-state index is 2.60. The zero-order valence-electron chi connectivity index (χ0n) is 38.5. The van der Waals surface area contributed by atoms with Crippen molar-refractivity contribution < 1.29 is 0 Å². The molecule has 0 radical (unpaired) electrons. The van der Waals surface area contributed by atoms with Crippen LogP contribution in [0.25, 0.3) is 83.1 Å². The molecular weight excluding hydrogens is 833 g/mol. The summed E-state index contributed by atoms with van der Waals surface area (Å²) in [6.45, 7) is 0. The molecular formula is C67H50N2. The van der Waals surface area contributed by atoms with Gasteiger partial charge in [0, 0.05) is 44.3 Å². The second-order valence-electron chi connectivity index (χ2n) is 19.5. The Balaban J connectivity index is 1.03. The molecule has 328 valence electrons. The largest absolute Gasteiger partial charge is 0.309 e. The fraction of sp³-hybridized carbons (Fsp3) is 0.104. The number of para-hydroxylation sites is 4. The maximum absolute atomic E-state index is 2.60. The lowest BCUT2D eigenvalue weighted by Crippen LogP contribution is -2.31. The Kier molecular flexibility index (Phi) is 9.24. The molecule has 0 saturated heterocycles. The Morgan fingerprint density at radius 3 is 1.75 bits per heavy atom. The van der Waals surface area contributed by atoms with E-state index in [1.165, 1.54) is 120 Å². The summed E-state index contributed by atoms with van der Waals surface area (Å²) in [5.74, 6) is 1.45. The predicted molar refractivity (Wildman–Crippen MR) is 289 cm³/mol. The number of fused-ring (bicyclic) bond motifs is 11. The number of anilines is 3. The Labute approximate surface area is 404 Å². The lowest BCUT2D eigenvalue weighted by molar-refractivity contribution is 0.327. The Morgan fingerprint density at radius 1 is 0.406 bits per heavy atom. The summed E-state index contributed by atoms with van der Waals surface area (Å²) >= 11 is 0. The summed E-state index contributed by atoms with van der Waals surface area (Å²) in [6, 6.07) is 90.4. The third kappa shape index (κ3) is 6.11. The van der Waals surface area contributed by atoms with Crippen molar-refractivity contribution in [2.24, 2.45) is 11.8 Å². The average molecular weight is 883 g/mol. The van der Waals surface area contributed by atoms with E-state index < -0.39 is 0 Å². The van der Waals surface area contributed by atoms with Crippen molar-refractivity contribution >= 4 is 38.9 Å². The summed E-state index contributed by atoms with van der Waals surface area (Å²) < 4.78 is 2.46. The van der Waals surface area contributed by atoms with Gasteiger partial charge in [0.05, 0.1) is 22.4 Å². The topological polar surface area (TPSA) is 8.17 Å². The van der Waals surface area contributed by atoms with Crippen LogP contribution < -0.4 is 4.90 Å². The van der Waals surface area contributed by atoms with Gasteiger partial charge in [0.1, 0.15) is 0 Å². The van der Waals surface area contributed by atoms with Gasteiger partial charge >= 0.3 is 0 Å². The second-order valence-corrected chi connectivity index (χ2v) is 19.5. The molecule has 3 aliphatic rings. The SMILES string of the molecule is c1ccc(-c2ccccc2-c2ccccc2-c2ccccc2N(c2cccc(-c3cccc4c5ccccc5n(-c5ccccc5)c34)c2)c2cccc3c2-c2ccccc2C32CC3CCC2C3)cc1. The van der Waals surface area contributed by atoms with Crippen LogP contribution in [0.5, 0.6) is 0 Å². The van der Waals surface area contributed by atoms with Gasteiger partial charge in [0.25, 0.3) is 0 Å². The van der Waals surface area contributed by atoms with Gasteiger partial charge < -0.3 is 9.47 Å². The van der Waals surface area contributed by atoms with Gasteiger partial charge in [-0.05, 0) is 124 Å². The second kappa shape index (κ2) is 16.0. The first-order valence-electron chi connectivity index (χ1n) is 24.8. The average Bonchev–Trinajstić information content (AvgIpc) is 4.20. The van der Waals surface area contributed by atoms with Crippen LogP contribution in [-0.4, -0.2) is 4.57 Å². The molecule has 2 bridgehead atoms. The van der Waals surface area contributed by atoms with E-state index in [9.17, 15) is 0 Å². The summed E-state index contributed by atoms with van der Waals surface area (Å²) in [6.07, 6.45) is 5.24. The number of hydrogen-bond donors (Lipinski definition) is 0. The highest BCUT2D eigenvalue weighted by Crippen LogP contribution is 2.67. The molecule has 11 aromatic rings. The third-order valence-corrected chi connectivity index (χ3v) is 16.1. The minimum atomic E-state index is 0.0478. The zero-order chi connectivity index (χ0) is 45.5. The van der Waals surface area contributed by atoms with E-state index in [4.69, 9.17) is 0 Å². The number of hydrogen-bond acceptors (Lipinski definition) is 1. The van der Waals surface area contributed by atoms with E-state index in [1.54, 1.807) is 0 Å². The van der Waals surface area contributed by atoms with Crippen LogP contribution >= 0.6 is 0 Å². The van der Waals surface area contributed by atoms with Crippen molar-refractivity contribution in [3.63, 3.8) is 0 Å². The fourth-order valence-corrected chi connectivity index (χ4v) is 13.4. The van der Waals surface area contributed by atoms with Crippen molar-refractivity contribution in [2.45, 2.75) is 31.1 Å². The number of benzene rings is 10. The van der Waals surface area contributed by atoms with Gasteiger partial charge in [-0.2, -0.15) is 0 Å². The third-order valence-electron chi connectivity index (χ3n) is 16.1. The smallest absolute Gasteiger partial charge is 0.0619 e. The molecule has 2 saturated carbocycles. The van der Waals surface area contributed by atoms with Crippen LogP contribution in [-0.2, 0) is 5.41 Å². The molecule has 0 N–H and O–H groups in total. The Morgan fingerprint density at radius 2 is 0.971 bits per heavy atom. The molecule has 0 amide bonds. The van der Waals surface area contributed by atoms with Crippen LogP contribution in [0.2, 0.25) is 0 Å². The molecule has 3 aliphatic carbocycles. The normalized spacial score (nSPS) is 17.7. The van der Waals surface area contributed by atoms with Gasteiger partial charge in [0.2, 0.25) is 0 Å². The first-order chi connectivity index (χ1) is 34.2. The van der Waals surface area contributed by atoms with E-state index in [1.807, 2.05) is 0 Å². The number of aromatic nitrogens is 1. The summed E-state index contributed by atoms with van der Waals surface area (Å²) in [5.41, 5.74) is 22.6. The monoisotopic (exact) mass is 882 g/mol. The minimum absolute atomic E-state index is 0.0478. The fourth-order valence-electron chi connectivity index (χ4n) is 13.4.